The number of ketones is 1. The van der Waals surface area contributed by atoms with Gasteiger partial charge in [-0.05, 0) is 25.0 Å². The van der Waals surface area contributed by atoms with Crippen LogP contribution < -0.4 is 0 Å². The lowest BCUT2D eigenvalue weighted by molar-refractivity contribution is -0.121. The monoisotopic (exact) mass is 259 g/mol. The number of nitrogens with zero attached hydrogens (tertiary/aromatic N) is 3. The normalized spacial score (nSPS) is 11.0. The maximum atomic E-state index is 11.6. The third-order valence-electron chi connectivity index (χ3n) is 2.86. The summed E-state index contributed by atoms with van der Waals surface area (Å²) in [6.07, 6.45) is 1.94. The number of rotatable bonds is 4. The van der Waals surface area contributed by atoms with Crippen molar-refractivity contribution in [3.05, 3.63) is 29.3 Å². The van der Waals surface area contributed by atoms with Crippen molar-refractivity contribution >= 4 is 5.78 Å². The molecule has 0 aliphatic carbocycles. The number of pyridine rings is 1. The highest BCUT2D eigenvalue weighted by Gasteiger charge is 2.16. The molecule has 2 heterocycles. The third kappa shape index (κ3) is 3.05. The zero-order chi connectivity index (χ0) is 14.0. The number of hydrogen-bond donors (Lipinski definition) is 0. The van der Waals surface area contributed by atoms with Gasteiger partial charge in [-0.15, -0.1) is 0 Å². The second-order valence-corrected chi connectivity index (χ2v) is 4.99. The molecule has 0 spiro atoms. The van der Waals surface area contributed by atoms with E-state index in [0.29, 0.717) is 17.4 Å². The topological polar surface area (TPSA) is 68.9 Å². The smallest absolute Gasteiger partial charge is 0.234 e. The van der Waals surface area contributed by atoms with Crippen molar-refractivity contribution in [1.82, 2.24) is 15.1 Å². The molecule has 0 aliphatic rings. The number of aryl methyl sites for hydroxylation is 2. The molecule has 2 aromatic heterocycles. The molecule has 0 unspecified atom stereocenters. The van der Waals surface area contributed by atoms with Crippen LogP contribution >= 0.6 is 0 Å². The molecule has 19 heavy (non-hydrogen) atoms. The Morgan fingerprint density at radius 2 is 2.11 bits per heavy atom. The van der Waals surface area contributed by atoms with Crippen LogP contribution in [0.1, 0.15) is 30.9 Å². The number of Topliss-reactive ketones (excluding diaryl/α,β-unsaturated/α-hetero) is 1. The Kier molecular flexibility index (Phi) is 3.74. The van der Waals surface area contributed by atoms with Crippen molar-refractivity contribution in [3.63, 3.8) is 0 Å². The summed E-state index contributed by atoms with van der Waals surface area (Å²) in [7, 11) is 0. The standard InChI is InChI=1S/C14H17N3O2/c1-8(2)11(18)6-12-16-14(17-19-12)13-10(4)5-9(3)7-15-13/h5,7-8H,6H2,1-4H3. The molecule has 0 atom stereocenters. The third-order valence-corrected chi connectivity index (χ3v) is 2.86. The summed E-state index contributed by atoms with van der Waals surface area (Å²) < 4.78 is 5.10. The highest BCUT2D eigenvalue weighted by molar-refractivity contribution is 5.81. The van der Waals surface area contributed by atoms with Gasteiger partial charge in [-0.1, -0.05) is 25.1 Å². The van der Waals surface area contributed by atoms with Crippen LogP contribution in [0.15, 0.2) is 16.8 Å². The van der Waals surface area contributed by atoms with E-state index in [1.807, 2.05) is 33.8 Å². The Bertz CT molecular complexity index is 602. The van der Waals surface area contributed by atoms with Gasteiger partial charge in [0.05, 0.1) is 6.42 Å². The van der Waals surface area contributed by atoms with Gasteiger partial charge in [-0.25, -0.2) is 0 Å². The zero-order valence-electron chi connectivity index (χ0n) is 11.6. The van der Waals surface area contributed by atoms with Crippen molar-refractivity contribution in [2.75, 3.05) is 0 Å². The molecule has 5 heteroatoms. The average Bonchev–Trinajstić information content (AvgIpc) is 2.77. The van der Waals surface area contributed by atoms with Crippen molar-refractivity contribution in [2.45, 2.75) is 34.1 Å². The minimum absolute atomic E-state index is 0.0328. The molecular formula is C14H17N3O2. The summed E-state index contributed by atoms with van der Waals surface area (Å²) in [6.45, 7) is 7.63. The summed E-state index contributed by atoms with van der Waals surface area (Å²) >= 11 is 0. The van der Waals surface area contributed by atoms with E-state index in [-0.39, 0.29) is 18.1 Å². The molecule has 0 bridgehead atoms. The number of carbonyl (C=O) groups excluding carboxylic acids is 1. The van der Waals surface area contributed by atoms with E-state index in [1.54, 1.807) is 6.20 Å². The van der Waals surface area contributed by atoms with Crippen LogP contribution in [0.3, 0.4) is 0 Å². The first-order valence-electron chi connectivity index (χ1n) is 6.26. The van der Waals surface area contributed by atoms with Gasteiger partial charge in [0, 0.05) is 12.1 Å². The SMILES string of the molecule is Cc1cnc(-c2noc(CC(=O)C(C)C)n2)c(C)c1. The van der Waals surface area contributed by atoms with Crippen LogP contribution in [-0.4, -0.2) is 20.9 Å². The summed E-state index contributed by atoms with van der Waals surface area (Å²) in [5.41, 5.74) is 2.76. The van der Waals surface area contributed by atoms with Crippen LogP contribution in [0, 0.1) is 19.8 Å². The van der Waals surface area contributed by atoms with Crippen molar-refractivity contribution in [1.29, 1.82) is 0 Å². The molecule has 100 valence electrons. The van der Waals surface area contributed by atoms with Crippen LogP contribution in [0.2, 0.25) is 0 Å². The van der Waals surface area contributed by atoms with Crippen molar-refractivity contribution in [3.8, 4) is 11.5 Å². The van der Waals surface area contributed by atoms with E-state index >= 15 is 0 Å². The molecule has 0 amide bonds. The minimum Gasteiger partial charge on any atom is -0.338 e. The molecule has 0 saturated carbocycles. The Hall–Kier alpha value is -2.04. The second kappa shape index (κ2) is 5.30. The molecule has 0 saturated heterocycles. The van der Waals surface area contributed by atoms with E-state index in [2.05, 4.69) is 15.1 Å². The van der Waals surface area contributed by atoms with Crippen LogP contribution in [-0.2, 0) is 11.2 Å². The molecule has 0 N–H and O–H groups in total. The van der Waals surface area contributed by atoms with E-state index in [0.717, 1.165) is 11.1 Å². The quantitative estimate of drug-likeness (QED) is 0.843. The predicted molar refractivity (Wildman–Crippen MR) is 70.6 cm³/mol. The molecule has 0 aromatic carbocycles. The lowest BCUT2D eigenvalue weighted by Gasteiger charge is -2.00. The Labute approximate surface area is 112 Å². The van der Waals surface area contributed by atoms with E-state index in [4.69, 9.17) is 4.52 Å². The van der Waals surface area contributed by atoms with E-state index in [9.17, 15) is 4.79 Å². The van der Waals surface area contributed by atoms with Gasteiger partial charge < -0.3 is 4.52 Å². The Morgan fingerprint density at radius 3 is 2.74 bits per heavy atom. The molecule has 2 aromatic rings. The summed E-state index contributed by atoms with van der Waals surface area (Å²) in [6, 6.07) is 2.01. The second-order valence-electron chi connectivity index (χ2n) is 4.99. The van der Waals surface area contributed by atoms with Gasteiger partial charge >= 0.3 is 0 Å². The number of aromatic nitrogens is 3. The molecule has 0 radical (unpaired) electrons. The lowest BCUT2D eigenvalue weighted by Crippen LogP contribution is -2.10. The Morgan fingerprint density at radius 1 is 1.37 bits per heavy atom. The first kappa shape index (κ1) is 13.4. The minimum atomic E-state index is -0.0328. The van der Waals surface area contributed by atoms with Gasteiger partial charge in [0.2, 0.25) is 11.7 Å². The Balaban J connectivity index is 2.23. The maximum absolute atomic E-state index is 11.6. The molecule has 0 aliphatic heterocycles. The summed E-state index contributed by atoms with van der Waals surface area (Å²) in [4.78, 5) is 20.2. The highest BCUT2D eigenvalue weighted by Crippen LogP contribution is 2.18. The first-order chi connectivity index (χ1) is 8.97. The number of hydrogen-bond acceptors (Lipinski definition) is 5. The highest BCUT2D eigenvalue weighted by atomic mass is 16.5. The maximum Gasteiger partial charge on any atom is 0.234 e. The fourth-order valence-electron chi connectivity index (χ4n) is 1.73. The van der Waals surface area contributed by atoms with E-state index < -0.39 is 0 Å². The fourth-order valence-corrected chi connectivity index (χ4v) is 1.73. The molecular weight excluding hydrogens is 242 g/mol. The average molecular weight is 259 g/mol. The summed E-state index contributed by atoms with van der Waals surface area (Å²) in [5.74, 6) is 0.831. The van der Waals surface area contributed by atoms with Gasteiger partial charge in [0.15, 0.2) is 0 Å². The van der Waals surface area contributed by atoms with Gasteiger partial charge in [0.25, 0.3) is 0 Å². The zero-order valence-corrected chi connectivity index (χ0v) is 11.6. The van der Waals surface area contributed by atoms with Crippen molar-refractivity contribution in [2.24, 2.45) is 5.92 Å². The number of carbonyl (C=O) groups is 1. The fraction of sp³-hybridized carbons (Fsp3) is 0.429. The van der Waals surface area contributed by atoms with Gasteiger partial charge in [0.1, 0.15) is 11.5 Å². The molecule has 2 rings (SSSR count). The first-order valence-corrected chi connectivity index (χ1v) is 6.26. The largest absolute Gasteiger partial charge is 0.338 e. The summed E-state index contributed by atoms with van der Waals surface area (Å²) in [5, 5.41) is 3.89. The van der Waals surface area contributed by atoms with Crippen LogP contribution in [0.25, 0.3) is 11.5 Å². The van der Waals surface area contributed by atoms with Crippen molar-refractivity contribution < 1.29 is 9.32 Å². The molecule has 5 nitrogen and oxygen atoms in total. The van der Waals surface area contributed by atoms with E-state index in [1.165, 1.54) is 0 Å². The molecule has 0 fully saturated rings. The van der Waals surface area contributed by atoms with Crippen LogP contribution in [0.4, 0.5) is 0 Å². The van der Waals surface area contributed by atoms with Gasteiger partial charge in [-0.3, -0.25) is 9.78 Å². The predicted octanol–water partition coefficient (Wildman–Crippen LogP) is 2.52. The van der Waals surface area contributed by atoms with Gasteiger partial charge in [-0.2, -0.15) is 4.98 Å². The lowest BCUT2D eigenvalue weighted by atomic mass is 10.1. The van der Waals surface area contributed by atoms with Crippen LogP contribution in [0.5, 0.6) is 0 Å².